The number of alkyl halides is 2. The molecule has 1 aromatic heterocycles. The summed E-state index contributed by atoms with van der Waals surface area (Å²) in [5.41, 5.74) is 1.45. The molecule has 8 nitrogen and oxygen atoms in total. The van der Waals surface area contributed by atoms with Gasteiger partial charge in [0.25, 0.3) is 5.92 Å². The molecule has 2 aliphatic rings. The number of nitrogens with zero attached hydrogens (tertiary/aromatic N) is 3. The molecule has 4 rings (SSSR count). The standard InChI is InChI=1S/C24H22ClF3N4O4/c1-12-4-3-7-29-19(12)21-30-16(10-32-11-24(27,28)9-17(32)22(33)34)18(23(35)36-2)20(31-21)14-6-5-13(26)8-15(14)25/h3-8,17,20H,9-11H2,1-2H3,(H,30,31)(H,33,34). The molecule has 2 unspecified atom stereocenters. The van der Waals surface area contributed by atoms with Crippen LogP contribution in [0.2, 0.25) is 5.02 Å². The van der Waals surface area contributed by atoms with Crippen LogP contribution in [0.3, 0.4) is 0 Å². The summed E-state index contributed by atoms with van der Waals surface area (Å²) in [6.45, 7) is 0.616. The Morgan fingerprint density at radius 3 is 2.72 bits per heavy atom. The normalized spacial score (nSPS) is 21.7. The van der Waals surface area contributed by atoms with Crippen LogP contribution in [0, 0.1) is 12.7 Å². The highest BCUT2D eigenvalue weighted by molar-refractivity contribution is 6.31. The van der Waals surface area contributed by atoms with Crippen LogP contribution in [-0.2, 0) is 14.3 Å². The number of likely N-dealkylation sites (tertiary alicyclic amines) is 1. The fraction of sp³-hybridized carbons (Fsp3) is 0.333. The number of carbonyl (C=O) groups excluding carboxylic acids is 1. The molecule has 2 aliphatic heterocycles. The van der Waals surface area contributed by atoms with Crippen LogP contribution in [0.25, 0.3) is 0 Å². The monoisotopic (exact) mass is 522 g/mol. The van der Waals surface area contributed by atoms with Crippen molar-refractivity contribution in [2.75, 3.05) is 20.2 Å². The zero-order valence-electron chi connectivity index (χ0n) is 19.3. The first-order valence-corrected chi connectivity index (χ1v) is 11.3. The number of aliphatic carboxylic acids is 1. The molecule has 0 saturated carbocycles. The van der Waals surface area contributed by atoms with E-state index in [0.29, 0.717) is 5.69 Å². The minimum atomic E-state index is -3.22. The third kappa shape index (κ3) is 5.07. The molecule has 2 atom stereocenters. The molecule has 36 heavy (non-hydrogen) atoms. The lowest BCUT2D eigenvalue weighted by molar-refractivity contribution is -0.142. The molecule has 12 heteroatoms. The lowest BCUT2D eigenvalue weighted by Crippen LogP contribution is -2.43. The minimum Gasteiger partial charge on any atom is -0.480 e. The van der Waals surface area contributed by atoms with Crippen molar-refractivity contribution in [3.63, 3.8) is 0 Å². The van der Waals surface area contributed by atoms with Crippen molar-refractivity contribution in [3.8, 4) is 0 Å². The number of pyridine rings is 1. The first-order chi connectivity index (χ1) is 17.0. The molecule has 0 amide bonds. The number of ether oxygens (including phenoxy) is 1. The molecule has 2 N–H and O–H groups in total. The van der Waals surface area contributed by atoms with Crippen molar-refractivity contribution in [3.05, 3.63) is 75.5 Å². The lowest BCUT2D eigenvalue weighted by Gasteiger charge is -2.31. The Kier molecular flexibility index (Phi) is 7.05. The number of carboxylic acid groups (broad SMARTS) is 1. The second kappa shape index (κ2) is 9.90. The third-order valence-electron chi connectivity index (χ3n) is 6.04. The zero-order valence-corrected chi connectivity index (χ0v) is 20.0. The van der Waals surface area contributed by atoms with Crippen LogP contribution in [0.1, 0.15) is 29.3 Å². The highest BCUT2D eigenvalue weighted by atomic mass is 35.5. The molecule has 0 aliphatic carbocycles. The van der Waals surface area contributed by atoms with E-state index in [2.05, 4.69) is 15.3 Å². The van der Waals surface area contributed by atoms with Crippen LogP contribution in [-0.4, -0.2) is 64.9 Å². The Bertz CT molecular complexity index is 1280. The van der Waals surface area contributed by atoms with Gasteiger partial charge in [-0.1, -0.05) is 23.7 Å². The number of methoxy groups -OCH3 is 1. The van der Waals surface area contributed by atoms with Crippen molar-refractivity contribution < 1.29 is 32.6 Å². The van der Waals surface area contributed by atoms with E-state index in [0.717, 1.165) is 29.7 Å². The fourth-order valence-corrected chi connectivity index (χ4v) is 4.64. The number of nitrogens with one attached hydrogen (secondary N) is 1. The first-order valence-electron chi connectivity index (χ1n) is 10.9. The minimum absolute atomic E-state index is 0.0142. The number of rotatable bonds is 6. The number of carbonyl (C=O) groups is 2. The SMILES string of the molecule is COC(=O)C1=C(CN2CC(F)(F)CC2C(=O)O)NC(c2ncccc2C)=NC1c1ccc(F)cc1Cl. The lowest BCUT2D eigenvalue weighted by atomic mass is 9.94. The highest BCUT2D eigenvalue weighted by Crippen LogP contribution is 2.38. The van der Waals surface area contributed by atoms with Crippen LogP contribution >= 0.6 is 11.6 Å². The molecular weight excluding hydrogens is 501 g/mol. The molecule has 0 spiro atoms. The maximum atomic E-state index is 14.2. The second-order valence-corrected chi connectivity index (χ2v) is 8.95. The summed E-state index contributed by atoms with van der Waals surface area (Å²) >= 11 is 6.31. The van der Waals surface area contributed by atoms with Gasteiger partial charge in [0.2, 0.25) is 0 Å². The highest BCUT2D eigenvalue weighted by Gasteiger charge is 2.49. The molecule has 2 aromatic rings. The van der Waals surface area contributed by atoms with Crippen LogP contribution in [0.15, 0.2) is 52.8 Å². The van der Waals surface area contributed by atoms with Gasteiger partial charge in [0.1, 0.15) is 23.6 Å². The molecule has 1 saturated heterocycles. The van der Waals surface area contributed by atoms with Crippen LogP contribution < -0.4 is 5.32 Å². The van der Waals surface area contributed by atoms with E-state index in [1.54, 1.807) is 19.1 Å². The molecule has 3 heterocycles. The molecule has 1 aromatic carbocycles. The molecule has 0 bridgehead atoms. The van der Waals surface area contributed by atoms with E-state index in [4.69, 9.17) is 16.3 Å². The van der Waals surface area contributed by atoms with E-state index in [1.807, 2.05) is 0 Å². The number of hydrogen-bond donors (Lipinski definition) is 2. The van der Waals surface area contributed by atoms with E-state index < -0.39 is 48.7 Å². The van der Waals surface area contributed by atoms with Gasteiger partial charge in [-0.15, -0.1) is 0 Å². The van der Waals surface area contributed by atoms with Gasteiger partial charge < -0.3 is 15.2 Å². The van der Waals surface area contributed by atoms with Crippen molar-refractivity contribution in [2.24, 2.45) is 4.99 Å². The van der Waals surface area contributed by atoms with Crippen LogP contribution in [0.5, 0.6) is 0 Å². The Morgan fingerprint density at radius 2 is 2.08 bits per heavy atom. The molecule has 1 fully saturated rings. The quantitative estimate of drug-likeness (QED) is 0.560. The summed E-state index contributed by atoms with van der Waals surface area (Å²) in [7, 11) is 1.14. The fourth-order valence-electron chi connectivity index (χ4n) is 4.37. The molecular formula is C24H22ClF3N4O4. The van der Waals surface area contributed by atoms with E-state index >= 15 is 0 Å². The summed E-state index contributed by atoms with van der Waals surface area (Å²) in [4.78, 5) is 34.7. The second-order valence-electron chi connectivity index (χ2n) is 8.54. The summed E-state index contributed by atoms with van der Waals surface area (Å²) in [5, 5.41) is 12.5. The largest absolute Gasteiger partial charge is 0.480 e. The number of carboxylic acids is 1. The van der Waals surface area contributed by atoms with Gasteiger partial charge in [0.05, 0.1) is 19.2 Å². The number of aromatic nitrogens is 1. The zero-order chi connectivity index (χ0) is 26.2. The van der Waals surface area contributed by atoms with Crippen molar-refractivity contribution in [2.45, 2.75) is 31.4 Å². The molecule has 0 radical (unpaired) electrons. The average molecular weight is 523 g/mol. The van der Waals surface area contributed by atoms with E-state index in [1.165, 1.54) is 12.3 Å². The number of amidine groups is 1. The topological polar surface area (TPSA) is 104 Å². The number of hydrogen-bond acceptors (Lipinski definition) is 7. The first kappa shape index (κ1) is 25.6. The Balaban J connectivity index is 1.88. The number of aryl methyl sites for hydroxylation is 1. The molecule has 190 valence electrons. The Hall–Kier alpha value is -3.44. The average Bonchev–Trinajstić information content (AvgIpc) is 3.12. The van der Waals surface area contributed by atoms with E-state index in [-0.39, 0.29) is 34.2 Å². The van der Waals surface area contributed by atoms with E-state index in [9.17, 15) is 27.9 Å². The van der Waals surface area contributed by atoms with Gasteiger partial charge in [0, 0.05) is 35.4 Å². The van der Waals surface area contributed by atoms with Gasteiger partial charge in [-0.05, 0) is 30.7 Å². The van der Waals surface area contributed by atoms with Crippen molar-refractivity contribution in [1.82, 2.24) is 15.2 Å². The summed E-state index contributed by atoms with van der Waals surface area (Å²) < 4.78 is 47.1. The summed E-state index contributed by atoms with van der Waals surface area (Å²) in [6, 6.07) is 4.51. The van der Waals surface area contributed by atoms with Gasteiger partial charge in [-0.3, -0.25) is 19.7 Å². The predicted molar refractivity (Wildman–Crippen MR) is 124 cm³/mol. The summed E-state index contributed by atoms with van der Waals surface area (Å²) in [6.07, 6.45) is 0.670. The van der Waals surface area contributed by atoms with Gasteiger partial charge >= 0.3 is 11.9 Å². The number of aliphatic imine (C=N–C) groups is 1. The van der Waals surface area contributed by atoms with Crippen molar-refractivity contribution >= 4 is 29.4 Å². The predicted octanol–water partition coefficient (Wildman–Crippen LogP) is 3.49. The third-order valence-corrected chi connectivity index (χ3v) is 6.36. The maximum absolute atomic E-state index is 14.2. The van der Waals surface area contributed by atoms with Crippen molar-refractivity contribution in [1.29, 1.82) is 0 Å². The summed E-state index contributed by atoms with van der Waals surface area (Å²) in [5.74, 6) is -5.86. The maximum Gasteiger partial charge on any atom is 0.338 e. The Morgan fingerprint density at radius 1 is 1.33 bits per heavy atom. The Labute approximate surface area is 209 Å². The number of benzene rings is 1. The van der Waals surface area contributed by atoms with Gasteiger partial charge in [-0.2, -0.15) is 0 Å². The smallest absolute Gasteiger partial charge is 0.338 e. The van der Waals surface area contributed by atoms with Gasteiger partial charge in [0.15, 0.2) is 5.84 Å². The number of halogens is 4. The van der Waals surface area contributed by atoms with Gasteiger partial charge in [-0.25, -0.2) is 18.0 Å². The number of esters is 1. The van der Waals surface area contributed by atoms with Crippen LogP contribution in [0.4, 0.5) is 13.2 Å².